The van der Waals surface area contributed by atoms with Gasteiger partial charge >= 0.3 is 0 Å². The molecule has 0 aliphatic heterocycles. The number of carbonyl (C=O) groups is 2. The predicted octanol–water partition coefficient (Wildman–Crippen LogP) is 2.80. The Bertz CT molecular complexity index is 836. The van der Waals surface area contributed by atoms with Gasteiger partial charge in [-0.2, -0.15) is 0 Å². The number of benzene rings is 2. The van der Waals surface area contributed by atoms with Gasteiger partial charge in [0, 0.05) is 11.8 Å². The zero-order chi connectivity index (χ0) is 20.0. The smallest absolute Gasteiger partial charge is 0.292 e. The molecule has 0 radical (unpaired) electrons. The van der Waals surface area contributed by atoms with Crippen LogP contribution in [0.1, 0.15) is 12.5 Å². The number of hydrogen-bond donors (Lipinski definition) is 2. The topological polar surface area (TPSA) is 105 Å². The number of nitrogens with one attached hydrogen (secondary N) is 2. The number of amides is 2. The van der Waals surface area contributed by atoms with Gasteiger partial charge in [0.25, 0.3) is 5.69 Å². The number of nitro benzene ring substituents is 1. The van der Waals surface area contributed by atoms with E-state index >= 15 is 0 Å². The van der Waals surface area contributed by atoms with Gasteiger partial charge in [0.15, 0.2) is 0 Å². The number of likely N-dealkylation sites (N-methyl/N-ethyl adjacent to an activating group) is 1. The fraction of sp³-hybridized carbons (Fsp3) is 0.263. The van der Waals surface area contributed by atoms with E-state index in [1.807, 2.05) is 19.1 Å². The van der Waals surface area contributed by atoms with Gasteiger partial charge in [-0.3, -0.25) is 24.6 Å². The Labute approximate surface area is 157 Å². The zero-order valence-corrected chi connectivity index (χ0v) is 15.4. The molecule has 0 aromatic heterocycles. The molecule has 2 aromatic carbocycles. The molecular weight excluding hydrogens is 348 g/mol. The predicted molar refractivity (Wildman–Crippen MR) is 104 cm³/mol. The van der Waals surface area contributed by atoms with E-state index in [0.29, 0.717) is 5.69 Å². The quantitative estimate of drug-likeness (QED) is 0.576. The Morgan fingerprint density at radius 1 is 1.11 bits per heavy atom. The van der Waals surface area contributed by atoms with Gasteiger partial charge < -0.3 is 10.6 Å². The summed E-state index contributed by atoms with van der Waals surface area (Å²) in [4.78, 5) is 36.6. The van der Waals surface area contributed by atoms with E-state index in [1.165, 1.54) is 18.2 Å². The van der Waals surface area contributed by atoms with Crippen LogP contribution in [0.15, 0.2) is 48.5 Å². The highest BCUT2D eigenvalue weighted by molar-refractivity contribution is 5.97. The number of nitrogens with zero attached hydrogens (tertiary/aromatic N) is 2. The first-order chi connectivity index (χ1) is 12.8. The third-order valence-corrected chi connectivity index (χ3v) is 4.13. The molecule has 2 amide bonds. The van der Waals surface area contributed by atoms with Crippen LogP contribution in [0.25, 0.3) is 0 Å². The molecule has 2 aromatic rings. The summed E-state index contributed by atoms with van der Waals surface area (Å²) in [7, 11) is 1.64. The standard InChI is InChI=1S/C19H22N4O4/c1-13-8-10-15(11-9-13)20-18(24)12-22(3)14(2)19(25)21-16-6-4-5-7-17(16)23(26)27/h4-11,14H,12H2,1-3H3,(H,20,24)(H,21,25). The number of para-hydroxylation sites is 2. The average Bonchev–Trinajstić information content (AvgIpc) is 2.63. The van der Waals surface area contributed by atoms with E-state index < -0.39 is 16.9 Å². The minimum atomic E-state index is -0.659. The molecule has 0 fully saturated rings. The number of rotatable bonds is 7. The Balaban J connectivity index is 1.94. The number of nitro groups is 1. The summed E-state index contributed by atoms with van der Waals surface area (Å²) >= 11 is 0. The van der Waals surface area contributed by atoms with E-state index in [1.54, 1.807) is 37.1 Å². The molecule has 0 spiro atoms. The number of hydrogen-bond acceptors (Lipinski definition) is 5. The van der Waals surface area contributed by atoms with Crippen molar-refractivity contribution in [2.24, 2.45) is 0 Å². The van der Waals surface area contributed by atoms with Crippen molar-refractivity contribution in [3.63, 3.8) is 0 Å². The van der Waals surface area contributed by atoms with Crippen LogP contribution in [0, 0.1) is 17.0 Å². The van der Waals surface area contributed by atoms with Gasteiger partial charge in [-0.1, -0.05) is 29.8 Å². The molecule has 0 heterocycles. The van der Waals surface area contributed by atoms with Gasteiger partial charge in [-0.25, -0.2) is 0 Å². The lowest BCUT2D eigenvalue weighted by Crippen LogP contribution is -2.43. The first-order valence-corrected chi connectivity index (χ1v) is 8.39. The van der Waals surface area contributed by atoms with Crippen LogP contribution in [-0.2, 0) is 9.59 Å². The van der Waals surface area contributed by atoms with Crippen LogP contribution in [0.5, 0.6) is 0 Å². The Morgan fingerprint density at radius 2 is 1.74 bits per heavy atom. The molecule has 8 nitrogen and oxygen atoms in total. The largest absolute Gasteiger partial charge is 0.325 e. The number of carbonyl (C=O) groups excluding carboxylic acids is 2. The van der Waals surface area contributed by atoms with Crippen LogP contribution >= 0.6 is 0 Å². The maximum absolute atomic E-state index is 12.4. The van der Waals surface area contributed by atoms with Gasteiger partial charge in [0.2, 0.25) is 11.8 Å². The highest BCUT2D eigenvalue weighted by Gasteiger charge is 2.23. The van der Waals surface area contributed by atoms with Gasteiger partial charge in [-0.05, 0) is 39.1 Å². The number of aryl methyl sites for hydroxylation is 1. The molecule has 0 bridgehead atoms. The summed E-state index contributed by atoms with van der Waals surface area (Å²) in [5, 5.41) is 16.4. The maximum atomic E-state index is 12.4. The highest BCUT2D eigenvalue weighted by atomic mass is 16.6. The second kappa shape index (κ2) is 8.91. The maximum Gasteiger partial charge on any atom is 0.292 e. The Hall–Kier alpha value is -3.26. The molecule has 142 valence electrons. The molecule has 2 rings (SSSR count). The lowest BCUT2D eigenvalue weighted by molar-refractivity contribution is -0.383. The van der Waals surface area contributed by atoms with Crippen LogP contribution in [0.3, 0.4) is 0 Å². The third-order valence-electron chi connectivity index (χ3n) is 4.13. The van der Waals surface area contributed by atoms with E-state index in [9.17, 15) is 19.7 Å². The van der Waals surface area contributed by atoms with Crippen LogP contribution in [-0.4, -0.2) is 41.3 Å². The van der Waals surface area contributed by atoms with Crippen LogP contribution < -0.4 is 10.6 Å². The third kappa shape index (κ3) is 5.61. The molecule has 8 heteroatoms. The van der Waals surface area contributed by atoms with Gasteiger partial charge in [0.05, 0.1) is 17.5 Å². The lowest BCUT2D eigenvalue weighted by atomic mass is 10.2. The van der Waals surface area contributed by atoms with Crippen molar-refractivity contribution in [2.75, 3.05) is 24.2 Å². The first kappa shape index (κ1) is 20.1. The highest BCUT2D eigenvalue weighted by Crippen LogP contribution is 2.23. The first-order valence-electron chi connectivity index (χ1n) is 8.39. The van der Waals surface area contributed by atoms with E-state index in [-0.39, 0.29) is 23.8 Å². The summed E-state index contributed by atoms with van der Waals surface area (Å²) in [6.45, 7) is 3.58. The van der Waals surface area contributed by atoms with Crippen molar-refractivity contribution in [2.45, 2.75) is 19.9 Å². The average molecular weight is 370 g/mol. The van der Waals surface area contributed by atoms with Crippen molar-refractivity contribution < 1.29 is 14.5 Å². The molecule has 1 unspecified atom stereocenters. The minimum absolute atomic E-state index is 0.000649. The molecule has 0 saturated carbocycles. The molecule has 0 saturated heterocycles. The summed E-state index contributed by atoms with van der Waals surface area (Å²) in [5.41, 5.74) is 1.70. The minimum Gasteiger partial charge on any atom is -0.325 e. The molecule has 1 atom stereocenters. The summed E-state index contributed by atoms with van der Waals surface area (Å²) in [6.07, 6.45) is 0. The van der Waals surface area contributed by atoms with Gasteiger partial charge in [-0.15, -0.1) is 0 Å². The summed E-state index contributed by atoms with van der Waals surface area (Å²) in [5.74, 6) is -0.693. The van der Waals surface area contributed by atoms with Crippen LogP contribution in [0.2, 0.25) is 0 Å². The zero-order valence-electron chi connectivity index (χ0n) is 15.4. The Morgan fingerprint density at radius 3 is 2.37 bits per heavy atom. The van der Waals surface area contributed by atoms with E-state index in [0.717, 1.165) is 5.56 Å². The SMILES string of the molecule is Cc1ccc(NC(=O)CN(C)C(C)C(=O)Nc2ccccc2[N+](=O)[O-])cc1. The fourth-order valence-electron chi connectivity index (χ4n) is 2.38. The Kier molecular flexibility index (Phi) is 6.62. The molecule has 27 heavy (non-hydrogen) atoms. The monoisotopic (exact) mass is 370 g/mol. The number of anilines is 2. The van der Waals surface area contributed by atoms with Crippen molar-refractivity contribution in [3.05, 3.63) is 64.2 Å². The summed E-state index contributed by atoms with van der Waals surface area (Å²) in [6, 6.07) is 12.6. The van der Waals surface area contributed by atoms with E-state index in [4.69, 9.17) is 0 Å². The van der Waals surface area contributed by atoms with E-state index in [2.05, 4.69) is 10.6 Å². The molecular formula is C19H22N4O4. The molecule has 2 N–H and O–H groups in total. The molecule has 0 aliphatic rings. The van der Waals surface area contributed by atoms with Crippen molar-refractivity contribution in [1.29, 1.82) is 0 Å². The van der Waals surface area contributed by atoms with Gasteiger partial charge in [0.1, 0.15) is 5.69 Å². The molecule has 0 aliphatic carbocycles. The van der Waals surface area contributed by atoms with Crippen molar-refractivity contribution in [1.82, 2.24) is 4.90 Å². The second-order valence-electron chi connectivity index (χ2n) is 6.27. The summed E-state index contributed by atoms with van der Waals surface area (Å²) < 4.78 is 0. The normalized spacial score (nSPS) is 11.7. The second-order valence-corrected chi connectivity index (χ2v) is 6.27. The van der Waals surface area contributed by atoms with Crippen molar-refractivity contribution >= 4 is 28.9 Å². The van der Waals surface area contributed by atoms with Crippen molar-refractivity contribution in [3.8, 4) is 0 Å². The lowest BCUT2D eigenvalue weighted by Gasteiger charge is -2.23. The van der Waals surface area contributed by atoms with Crippen LogP contribution in [0.4, 0.5) is 17.1 Å². The fourth-order valence-corrected chi connectivity index (χ4v) is 2.38.